The predicted octanol–water partition coefficient (Wildman–Crippen LogP) is 4.94. The Morgan fingerprint density at radius 1 is 1.19 bits per heavy atom. The zero-order chi connectivity index (χ0) is 15.6. The molecule has 2 rings (SSSR count). The Labute approximate surface area is 135 Å². The molecule has 1 heterocycles. The average Bonchev–Trinajstić information content (AvgIpc) is 2.42. The van der Waals surface area contributed by atoms with Crippen molar-refractivity contribution in [2.24, 2.45) is 5.73 Å². The monoisotopic (exact) mass is 324 g/mol. The summed E-state index contributed by atoms with van der Waals surface area (Å²) in [6, 6.07) is 9.04. The van der Waals surface area contributed by atoms with Crippen LogP contribution in [0, 0.1) is 0 Å². The Kier molecular flexibility index (Phi) is 4.77. The summed E-state index contributed by atoms with van der Waals surface area (Å²) in [5, 5.41) is 0.816. The minimum atomic E-state index is -0.0958. The molecule has 0 aliphatic heterocycles. The van der Waals surface area contributed by atoms with Crippen LogP contribution in [0.3, 0.4) is 0 Å². The van der Waals surface area contributed by atoms with E-state index in [1.165, 1.54) is 0 Å². The lowest BCUT2D eigenvalue weighted by molar-refractivity contribution is 0.451. The maximum absolute atomic E-state index is 6.14. The normalized spacial score (nSPS) is 11.5. The van der Waals surface area contributed by atoms with E-state index in [0.29, 0.717) is 28.2 Å². The molecular weight excluding hydrogens is 307 g/mol. The first-order chi connectivity index (χ1) is 9.81. The summed E-state index contributed by atoms with van der Waals surface area (Å²) in [7, 11) is 0. The highest BCUT2D eigenvalue weighted by Gasteiger charge is 2.18. The smallest absolute Gasteiger partial charge is 0.219 e. The number of benzene rings is 1. The van der Waals surface area contributed by atoms with Crippen molar-refractivity contribution in [2.75, 3.05) is 0 Å². The number of hydrogen-bond acceptors (Lipinski definition) is 3. The van der Waals surface area contributed by atoms with Gasteiger partial charge in [0, 0.05) is 18.0 Å². The minimum absolute atomic E-state index is 0.0958. The number of aromatic nitrogens is 1. The highest BCUT2D eigenvalue weighted by atomic mass is 35.5. The summed E-state index contributed by atoms with van der Waals surface area (Å²) in [5.74, 6) is 0.942. The van der Waals surface area contributed by atoms with E-state index in [1.54, 1.807) is 18.2 Å². The molecule has 0 atom stereocenters. The van der Waals surface area contributed by atoms with Crippen molar-refractivity contribution in [1.82, 2.24) is 4.98 Å². The van der Waals surface area contributed by atoms with Crippen LogP contribution in [-0.2, 0) is 12.0 Å². The standard InChI is InChI=1S/C16H18Cl2N2O/c1-16(2,3)13-7-10(9-19)8-14(20-13)21-12-6-4-5-11(17)15(12)18/h4-8H,9,19H2,1-3H3. The van der Waals surface area contributed by atoms with Crippen LogP contribution in [0.1, 0.15) is 32.0 Å². The van der Waals surface area contributed by atoms with Gasteiger partial charge in [0.25, 0.3) is 0 Å². The van der Waals surface area contributed by atoms with Gasteiger partial charge in [-0.25, -0.2) is 4.98 Å². The molecule has 2 aromatic rings. The molecule has 0 radical (unpaired) electrons. The fraction of sp³-hybridized carbons (Fsp3) is 0.312. The summed E-state index contributed by atoms with van der Waals surface area (Å²) in [5.41, 5.74) is 7.53. The summed E-state index contributed by atoms with van der Waals surface area (Å²) in [4.78, 5) is 4.54. The number of nitrogens with zero attached hydrogens (tertiary/aromatic N) is 1. The highest BCUT2D eigenvalue weighted by Crippen LogP contribution is 2.35. The van der Waals surface area contributed by atoms with E-state index in [4.69, 9.17) is 33.7 Å². The molecule has 21 heavy (non-hydrogen) atoms. The Morgan fingerprint density at radius 3 is 2.52 bits per heavy atom. The van der Waals surface area contributed by atoms with Crippen LogP contribution in [0.5, 0.6) is 11.6 Å². The third-order valence-electron chi connectivity index (χ3n) is 3.00. The van der Waals surface area contributed by atoms with Gasteiger partial charge in [0.1, 0.15) is 10.8 Å². The highest BCUT2D eigenvalue weighted by molar-refractivity contribution is 6.42. The molecule has 1 aromatic carbocycles. The Bertz CT molecular complexity index is 651. The number of nitrogens with two attached hydrogens (primary N) is 1. The lowest BCUT2D eigenvalue weighted by Crippen LogP contribution is -2.15. The fourth-order valence-corrected chi connectivity index (χ4v) is 2.12. The summed E-state index contributed by atoms with van der Waals surface area (Å²) < 4.78 is 5.79. The van der Waals surface area contributed by atoms with Crippen LogP contribution in [0.4, 0.5) is 0 Å². The Morgan fingerprint density at radius 2 is 1.90 bits per heavy atom. The third-order valence-corrected chi connectivity index (χ3v) is 3.80. The SMILES string of the molecule is CC(C)(C)c1cc(CN)cc(Oc2cccc(Cl)c2Cl)n1. The van der Waals surface area contributed by atoms with Gasteiger partial charge in [-0.05, 0) is 23.8 Å². The van der Waals surface area contributed by atoms with Crippen LogP contribution in [-0.4, -0.2) is 4.98 Å². The lowest BCUT2D eigenvalue weighted by Gasteiger charge is -2.20. The van der Waals surface area contributed by atoms with E-state index in [9.17, 15) is 0 Å². The molecule has 5 heteroatoms. The molecular formula is C16H18Cl2N2O. The first-order valence-electron chi connectivity index (χ1n) is 6.64. The lowest BCUT2D eigenvalue weighted by atomic mass is 9.91. The van der Waals surface area contributed by atoms with E-state index in [2.05, 4.69) is 25.8 Å². The summed E-state index contributed by atoms with van der Waals surface area (Å²) in [6.45, 7) is 6.69. The van der Waals surface area contributed by atoms with Crippen LogP contribution in [0.15, 0.2) is 30.3 Å². The van der Waals surface area contributed by atoms with E-state index in [-0.39, 0.29) is 5.41 Å². The quantitative estimate of drug-likeness (QED) is 0.870. The van der Waals surface area contributed by atoms with Gasteiger partial charge in [-0.15, -0.1) is 0 Å². The number of pyridine rings is 1. The second kappa shape index (κ2) is 6.22. The van der Waals surface area contributed by atoms with Crippen LogP contribution in [0.2, 0.25) is 10.0 Å². The Hall–Kier alpha value is -1.29. The number of rotatable bonds is 3. The predicted molar refractivity (Wildman–Crippen MR) is 87.4 cm³/mol. The van der Waals surface area contributed by atoms with Crippen molar-refractivity contribution < 1.29 is 4.74 Å². The first-order valence-corrected chi connectivity index (χ1v) is 7.40. The van der Waals surface area contributed by atoms with Gasteiger partial charge >= 0.3 is 0 Å². The van der Waals surface area contributed by atoms with Gasteiger partial charge < -0.3 is 10.5 Å². The molecule has 0 aliphatic rings. The maximum atomic E-state index is 6.14. The molecule has 1 aromatic heterocycles. The molecule has 0 spiro atoms. The molecule has 0 aliphatic carbocycles. The summed E-state index contributed by atoms with van der Waals surface area (Å²) >= 11 is 12.1. The van der Waals surface area contributed by atoms with Crippen molar-refractivity contribution in [2.45, 2.75) is 32.7 Å². The van der Waals surface area contributed by atoms with Gasteiger partial charge in [-0.1, -0.05) is 50.0 Å². The minimum Gasteiger partial charge on any atom is -0.437 e. The molecule has 0 saturated heterocycles. The van der Waals surface area contributed by atoms with Crippen molar-refractivity contribution in [3.05, 3.63) is 51.6 Å². The van der Waals surface area contributed by atoms with Crippen LogP contribution < -0.4 is 10.5 Å². The largest absolute Gasteiger partial charge is 0.437 e. The fourth-order valence-electron chi connectivity index (χ4n) is 1.79. The second-order valence-corrected chi connectivity index (χ2v) is 6.59. The Balaban J connectivity index is 2.42. The van der Waals surface area contributed by atoms with Gasteiger partial charge in [0.05, 0.1) is 10.7 Å². The molecule has 0 saturated carbocycles. The van der Waals surface area contributed by atoms with Gasteiger partial charge in [-0.3, -0.25) is 0 Å². The zero-order valence-corrected chi connectivity index (χ0v) is 13.8. The van der Waals surface area contributed by atoms with Crippen molar-refractivity contribution >= 4 is 23.2 Å². The third kappa shape index (κ3) is 3.88. The maximum Gasteiger partial charge on any atom is 0.219 e. The van der Waals surface area contributed by atoms with Crippen molar-refractivity contribution in [1.29, 1.82) is 0 Å². The molecule has 2 N–H and O–H groups in total. The van der Waals surface area contributed by atoms with E-state index in [0.717, 1.165) is 11.3 Å². The van der Waals surface area contributed by atoms with E-state index < -0.39 is 0 Å². The van der Waals surface area contributed by atoms with E-state index >= 15 is 0 Å². The number of ether oxygens (including phenoxy) is 1. The topological polar surface area (TPSA) is 48.1 Å². The average molecular weight is 325 g/mol. The molecule has 3 nitrogen and oxygen atoms in total. The van der Waals surface area contributed by atoms with Crippen molar-refractivity contribution in [3.63, 3.8) is 0 Å². The zero-order valence-electron chi connectivity index (χ0n) is 12.3. The van der Waals surface area contributed by atoms with Gasteiger partial charge in [0.15, 0.2) is 0 Å². The van der Waals surface area contributed by atoms with Crippen molar-refractivity contribution in [3.8, 4) is 11.6 Å². The first kappa shape index (κ1) is 16.1. The summed E-state index contributed by atoms with van der Waals surface area (Å²) in [6.07, 6.45) is 0. The van der Waals surface area contributed by atoms with Gasteiger partial charge in [-0.2, -0.15) is 0 Å². The molecule has 0 unspecified atom stereocenters. The van der Waals surface area contributed by atoms with Crippen LogP contribution in [0.25, 0.3) is 0 Å². The second-order valence-electron chi connectivity index (χ2n) is 5.81. The molecule has 0 amide bonds. The number of hydrogen-bond donors (Lipinski definition) is 1. The van der Waals surface area contributed by atoms with Crippen LogP contribution >= 0.6 is 23.2 Å². The molecule has 0 bridgehead atoms. The van der Waals surface area contributed by atoms with Gasteiger partial charge in [0.2, 0.25) is 5.88 Å². The number of halogens is 2. The molecule has 112 valence electrons. The van der Waals surface area contributed by atoms with E-state index in [1.807, 2.05) is 12.1 Å². The molecule has 0 fully saturated rings.